The number of esters is 2. The highest BCUT2D eigenvalue weighted by Gasteiger charge is 2.65. The van der Waals surface area contributed by atoms with Gasteiger partial charge in [-0.05, 0) is 38.3 Å². The molecule has 0 saturated carbocycles. The van der Waals surface area contributed by atoms with Crippen LogP contribution in [0, 0.1) is 10.1 Å². The number of Topliss-reactive ketones (excluding diaryl/α,β-unsaturated/α-hetero) is 1. The highest BCUT2D eigenvalue weighted by atomic mass is 16.6. The molecule has 2 aromatic carbocycles. The number of fused-ring (bicyclic) bond motifs is 4. The van der Waals surface area contributed by atoms with Gasteiger partial charge in [0.2, 0.25) is 0 Å². The third-order valence-electron chi connectivity index (χ3n) is 7.42. The molecule has 2 aliphatic heterocycles. The van der Waals surface area contributed by atoms with Crippen LogP contribution in [0.2, 0.25) is 0 Å². The monoisotopic (exact) mass is 520 g/mol. The van der Waals surface area contributed by atoms with Gasteiger partial charge in [0.05, 0.1) is 35.3 Å². The molecule has 0 spiro atoms. The second-order valence-electron chi connectivity index (χ2n) is 9.44. The molecule has 3 atom stereocenters. The Bertz CT molecular complexity index is 1300. The van der Waals surface area contributed by atoms with Crippen LogP contribution in [0.1, 0.15) is 80.5 Å². The molecule has 9 heteroatoms. The summed E-state index contributed by atoms with van der Waals surface area (Å²) < 4.78 is 10.9. The van der Waals surface area contributed by atoms with Crippen LogP contribution in [-0.2, 0) is 19.1 Å². The van der Waals surface area contributed by atoms with Gasteiger partial charge in [-0.15, -0.1) is 0 Å². The summed E-state index contributed by atoms with van der Waals surface area (Å²) in [5.41, 5.74) is 0.413. The summed E-state index contributed by atoms with van der Waals surface area (Å²) in [7, 11) is 0. The van der Waals surface area contributed by atoms with Gasteiger partial charge in [-0.25, -0.2) is 9.59 Å². The van der Waals surface area contributed by atoms with E-state index in [0.29, 0.717) is 29.5 Å². The van der Waals surface area contributed by atoms with Gasteiger partial charge in [0.1, 0.15) is 5.54 Å². The van der Waals surface area contributed by atoms with Gasteiger partial charge in [-0.2, -0.15) is 0 Å². The maximum Gasteiger partial charge on any atom is 0.337 e. The van der Waals surface area contributed by atoms with Gasteiger partial charge in [0, 0.05) is 23.7 Å². The van der Waals surface area contributed by atoms with E-state index in [0.717, 1.165) is 6.42 Å². The summed E-state index contributed by atoms with van der Waals surface area (Å²) in [5, 5.41) is 11.2. The third kappa shape index (κ3) is 4.20. The van der Waals surface area contributed by atoms with Crippen molar-refractivity contribution < 1.29 is 28.8 Å². The number of nitro groups is 1. The van der Waals surface area contributed by atoms with Crippen molar-refractivity contribution in [2.75, 3.05) is 13.2 Å². The van der Waals surface area contributed by atoms with Crippen LogP contribution < -0.4 is 0 Å². The number of benzene rings is 2. The fourth-order valence-electron chi connectivity index (χ4n) is 5.84. The van der Waals surface area contributed by atoms with Crippen LogP contribution in [0.4, 0.5) is 5.69 Å². The molecule has 38 heavy (non-hydrogen) atoms. The zero-order valence-corrected chi connectivity index (χ0v) is 22.1. The zero-order valence-electron chi connectivity index (χ0n) is 22.1. The number of unbranched alkanes of at least 4 members (excludes halogenated alkanes) is 1. The summed E-state index contributed by atoms with van der Waals surface area (Å²) in [4.78, 5) is 54.4. The minimum absolute atomic E-state index is 0.0335. The highest BCUT2D eigenvalue weighted by molar-refractivity contribution is 6.18. The number of carbonyl (C=O) groups is 3. The Labute approximate surface area is 221 Å². The molecule has 0 amide bonds. The van der Waals surface area contributed by atoms with Crippen molar-refractivity contribution in [2.24, 2.45) is 0 Å². The highest BCUT2D eigenvalue weighted by Crippen LogP contribution is 2.58. The van der Waals surface area contributed by atoms with Gasteiger partial charge in [0.15, 0.2) is 5.78 Å². The Kier molecular flexibility index (Phi) is 7.78. The van der Waals surface area contributed by atoms with Gasteiger partial charge >= 0.3 is 11.9 Å². The van der Waals surface area contributed by atoms with E-state index in [-0.39, 0.29) is 35.8 Å². The minimum atomic E-state index is -1.47. The Balaban J connectivity index is 2.03. The summed E-state index contributed by atoms with van der Waals surface area (Å²) in [6.07, 6.45) is 1.66. The molecule has 0 N–H and O–H groups in total. The first-order valence-corrected chi connectivity index (χ1v) is 13.0. The molecule has 2 aliphatic rings. The molecule has 0 unspecified atom stereocenters. The molecule has 0 aromatic heterocycles. The van der Waals surface area contributed by atoms with E-state index in [9.17, 15) is 24.5 Å². The van der Waals surface area contributed by atoms with E-state index in [4.69, 9.17) is 9.47 Å². The van der Waals surface area contributed by atoms with Gasteiger partial charge in [-0.3, -0.25) is 19.8 Å². The van der Waals surface area contributed by atoms with E-state index < -0.39 is 34.5 Å². The van der Waals surface area contributed by atoms with Crippen molar-refractivity contribution in [1.82, 2.24) is 4.90 Å². The number of hydrogen-bond acceptors (Lipinski definition) is 8. The molecule has 9 nitrogen and oxygen atoms in total. The molecule has 2 heterocycles. The average Bonchev–Trinajstić information content (AvgIpc) is 3.18. The van der Waals surface area contributed by atoms with Crippen LogP contribution in [0.5, 0.6) is 0 Å². The lowest BCUT2D eigenvalue weighted by atomic mass is 9.74. The van der Waals surface area contributed by atoms with Crippen LogP contribution in [0.3, 0.4) is 0 Å². The molecule has 200 valence electrons. The van der Waals surface area contributed by atoms with Crippen LogP contribution in [-0.4, -0.2) is 46.3 Å². The molecular weight excluding hydrogens is 488 g/mol. The predicted molar refractivity (Wildman–Crippen MR) is 139 cm³/mol. The van der Waals surface area contributed by atoms with Crippen molar-refractivity contribution in [3.8, 4) is 0 Å². The number of ketones is 1. The normalized spacial score (nSPS) is 21.2. The SMILES string of the molecule is CCCC[C@]12C(=O)c3ccccc3[C@H](C(C(=O)OCC)=C1C(=O)OCC)N2[C@@H](C)c1ccc([N+](=O)[O-])cc1. The fourth-order valence-corrected chi connectivity index (χ4v) is 5.84. The second kappa shape index (κ2) is 10.9. The first kappa shape index (κ1) is 27.2. The van der Waals surface area contributed by atoms with Crippen molar-refractivity contribution in [3.05, 3.63) is 86.5 Å². The number of hydrogen-bond donors (Lipinski definition) is 0. The van der Waals surface area contributed by atoms with Crippen LogP contribution >= 0.6 is 0 Å². The van der Waals surface area contributed by atoms with Gasteiger partial charge in [-0.1, -0.05) is 56.2 Å². The number of carbonyl (C=O) groups excluding carboxylic acids is 3. The molecule has 2 bridgehead atoms. The topological polar surface area (TPSA) is 116 Å². The fraction of sp³-hybridized carbons (Fsp3) is 0.414. The Morgan fingerprint density at radius 2 is 1.66 bits per heavy atom. The van der Waals surface area contributed by atoms with Gasteiger partial charge in [0.25, 0.3) is 5.69 Å². The molecule has 4 rings (SSSR count). The van der Waals surface area contributed by atoms with Crippen molar-refractivity contribution in [3.63, 3.8) is 0 Å². The number of nitro benzene ring substituents is 1. The Morgan fingerprint density at radius 1 is 1.03 bits per heavy atom. The Morgan fingerprint density at radius 3 is 2.26 bits per heavy atom. The average molecular weight is 521 g/mol. The second-order valence-corrected chi connectivity index (χ2v) is 9.44. The zero-order chi connectivity index (χ0) is 27.6. The van der Waals surface area contributed by atoms with Crippen LogP contribution in [0.25, 0.3) is 0 Å². The lowest BCUT2D eigenvalue weighted by Crippen LogP contribution is -2.58. The van der Waals surface area contributed by atoms with Crippen molar-refractivity contribution >= 4 is 23.4 Å². The number of nitrogens with zero attached hydrogens (tertiary/aromatic N) is 2. The first-order valence-electron chi connectivity index (χ1n) is 13.0. The molecule has 0 saturated heterocycles. The Hall–Kier alpha value is -3.85. The number of rotatable bonds is 10. The standard InChI is InChI=1S/C29H32N2O7/c1-5-8-17-29-24(28(34)38-7-3)23(27(33)37-6-2)25(21-11-9-10-12-22(21)26(29)32)30(29)18(4)19-13-15-20(16-14-19)31(35)36/h9-16,18,25H,5-8,17H2,1-4H3/t18-,25+,29+/m0/s1. The maximum absolute atomic E-state index is 14.5. The van der Waals surface area contributed by atoms with E-state index in [1.165, 1.54) is 12.1 Å². The van der Waals surface area contributed by atoms with Gasteiger partial charge < -0.3 is 9.47 Å². The summed E-state index contributed by atoms with van der Waals surface area (Å²) in [6, 6.07) is 12.0. The van der Waals surface area contributed by atoms with E-state index in [1.54, 1.807) is 50.2 Å². The van der Waals surface area contributed by atoms with Crippen molar-refractivity contribution in [2.45, 2.75) is 64.6 Å². The third-order valence-corrected chi connectivity index (χ3v) is 7.42. The van der Waals surface area contributed by atoms with Crippen molar-refractivity contribution in [1.29, 1.82) is 0 Å². The lowest BCUT2D eigenvalue weighted by molar-refractivity contribution is -0.384. The predicted octanol–water partition coefficient (Wildman–Crippen LogP) is 5.26. The summed E-state index contributed by atoms with van der Waals surface area (Å²) in [5.74, 6) is -1.64. The lowest BCUT2D eigenvalue weighted by Gasteiger charge is -2.48. The molecule has 0 fully saturated rings. The largest absolute Gasteiger partial charge is 0.463 e. The van der Waals surface area contributed by atoms with E-state index in [1.807, 2.05) is 18.7 Å². The summed E-state index contributed by atoms with van der Waals surface area (Å²) in [6.45, 7) is 7.41. The molecule has 0 aliphatic carbocycles. The first-order chi connectivity index (χ1) is 18.2. The summed E-state index contributed by atoms with van der Waals surface area (Å²) >= 11 is 0. The molecular formula is C29H32N2O7. The van der Waals surface area contributed by atoms with E-state index in [2.05, 4.69) is 0 Å². The number of ether oxygens (including phenoxy) is 2. The van der Waals surface area contributed by atoms with E-state index >= 15 is 0 Å². The quantitative estimate of drug-likeness (QED) is 0.237. The number of non-ortho nitro benzene ring substituents is 1. The minimum Gasteiger partial charge on any atom is -0.463 e. The molecule has 0 radical (unpaired) electrons. The molecule has 2 aromatic rings. The maximum atomic E-state index is 14.5. The smallest absolute Gasteiger partial charge is 0.337 e. The van der Waals surface area contributed by atoms with Crippen LogP contribution in [0.15, 0.2) is 59.7 Å².